The Bertz CT molecular complexity index is 1890. The molecule has 0 spiro atoms. The fraction of sp³-hybridized carbons (Fsp3) is 0. The number of rotatable bonds is 8. The van der Waals surface area contributed by atoms with Gasteiger partial charge in [0, 0.05) is 43.4 Å². The minimum atomic E-state index is -0.913. The van der Waals surface area contributed by atoms with Crippen LogP contribution in [0.15, 0.2) is 146 Å². The first-order chi connectivity index (χ1) is 22.4. The Balaban J connectivity index is 1.17. The fourth-order valence-electron chi connectivity index (χ4n) is 4.93. The topological polar surface area (TPSA) is 69.7 Å². The maximum absolute atomic E-state index is 13.0. The van der Waals surface area contributed by atoms with Crippen LogP contribution in [0, 0.1) is 0 Å². The summed E-state index contributed by atoms with van der Waals surface area (Å²) in [5.74, 6) is 0.342. The lowest BCUT2D eigenvalue weighted by atomic mass is 9.99. The molecular formula is C39H24Cl2O5. The number of ether oxygens (including phenoxy) is 2. The summed E-state index contributed by atoms with van der Waals surface area (Å²) < 4.78 is 11.3. The molecule has 0 heterocycles. The summed E-state index contributed by atoms with van der Waals surface area (Å²) in [5, 5.41) is 1.12. The van der Waals surface area contributed by atoms with E-state index >= 15 is 0 Å². The van der Waals surface area contributed by atoms with Crippen LogP contribution in [0.5, 0.6) is 11.5 Å². The third-order valence-corrected chi connectivity index (χ3v) is 7.79. The molecule has 0 atom stereocenters. The Labute approximate surface area is 275 Å². The van der Waals surface area contributed by atoms with E-state index in [2.05, 4.69) is 0 Å². The normalized spacial score (nSPS) is 10.7. The first-order valence-corrected chi connectivity index (χ1v) is 15.0. The Morgan fingerprint density at radius 2 is 0.696 bits per heavy atom. The zero-order chi connectivity index (χ0) is 32.0. The molecule has 0 N–H and O–H groups in total. The molecule has 0 amide bonds. The van der Waals surface area contributed by atoms with Crippen LogP contribution in [0.1, 0.15) is 31.8 Å². The Kier molecular flexibility index (Phi) is 9.06. The number of benzene rings is 6. The van der Waals surface area contributed by atoms with E-state index in [-0.39, 0.29) is 11.6 Å². The highest BCUT2D eigenvalue weighted by Gasteiger charge is 2.17. The van der Waals surface area contributed by atoms with Crippen LogP contribution in [0.4, 0.5) is 4.79 Å². The van der Waals surface area contributed by atoms with Gasteiger partial charge in [-0.2, -0.15) is 0 Å². The highest BCUT2D eigenvalue weighted by molar-refractivity contribution is 6.31. The minimum absolute atomic E-state index is 0.127. The van der Waals surface area contributed by atoms with Gasteiger partial charge in [-0.15, -0.1) is 0 Å². The lowest BCUT2D eigenvalue weighted by Gasteiger charge is -2.13. The van der Waals surface area contributed by atoms with Crippen molar-refractivity contribution in [2.24, 2.45) is 0 Å². The number of para-hydroxylation sites is 2. The van der Waals surface area contributed by atoms with Crippen molar-refractivity contribution in [3.8, 4) is 33.8 Å². The van der Waals surface area contributed by atoms with Gasteiger partial charge in [0.1, 0.15) is 11.5 Å². The molecule has 0 aliphatic heterocycles. The smallest absolute Gasteiger partial charge is 0.394 e. The lowest BCUT2D eigenvalue weighted by Crippen LogP contribution is -2.14. The minimum Gasteiger partial charge on any atom is -0.394 e. The first kappa shape index (κ1) is 30.5. The third kappa shape index (κ3) is 6.92. The van der Waals surface area contributed by atoms with Gasteiger partial charge in [0.15, 0.2) is 11.6 Å². The molecule has 224 valence electrons. The second-order valence-electron chi connectivity index (χ2n) is 10.3. The predicted molar refractivity (Wildman–Crippen MR) is 180 cm³/mol. The zero-order valence-electron chi connectivity index (χ0n) is 24.2. The fourth-order valence-corrected chi connectivity index (χ4v) is 5.18. The van der Waals surface area contributed by atoms with Gasteiger partial charge in [0.05, 0.1) is 0 Å². The van der Waals surface area contributed by atoms with Gasteiger partial charge in [-0.1, -0.05) is 108 Å². The summed E-state index contributed by atoms with van der Waals surface area (Å²) in [6.07, 6.45) is -0.913. The van der Waals surface area contributed by atoms with Crippen LogP contribution < -0.4 is 9.47 Å². The van der Waals surface area contributed by atoms with Crippen molar-refractivity contribution in [2.75, 3.05) is 0 Å². The average molecular weight is 644 g/mol. The molecule has 6 rings (SSSR count). The van der Waals surface area contributed by atoms with E-state index in [1.54, 1.807) is 121 Å². The number of hydrogen-bond acceptors (Lipinski definition) is 5. The molecule has 6 aromatic rings. The first-order valence-electron chi connectivity index (χ1n) is 14.2. The molecule has 0 aliphatic carbocycles. The summed E-state index contributed by atoms with van der Waals surface area (Å²) in [6.45, 7) is 0. The van der Waals surface area contributed by atoms with Crippen molar-refractivity contribution >= 4 is 40.9 Å². The molecule has 0 fully saturated rings. The van der Waals surface area contributed by atoms with E-state index in [9.17, 15) is 14.4 Å². The van der Waals surface area contributed by atoms with E-state index in [4.69, 9.17) is 32.7 Å². The summed E-state index contributed by atoms with van der Waals surface area (Å²) in [6, 6.07) is 41.7. The molecule has 0 radical (unpaired) electrons. The van der Waals surface area contributed by atoms with Crippen molar-refractivity contribution in [2.45, 2.75) is 0 Å². The van der Waals surface area contributed by atoms with Crippen LogP contribution in [0.3, 0.4) is 0 Å². The highest BCUT2D eigenvalue weighted by atomic mass is 35.5. The Hall–Kier alpha value is -5.49. The van der Waals surface area contributed by atoms with Crippen LogP contribution in [-0.2, 0) is 0 Å². The van der Waals surface area contributed by atoms with Gasteiger partial charge >= 0.3 is 6.16 Å². The molecule has 0 saturated carbocycles. The van der Waals surface area contributed by atoms with Crippen molar-refractivity contribution in [1.29, 1.82) is 0 Å². The van der Waals surface area contributed by atoms with Crippen LogP contribution >= 0.6 is 23.2 Å². The standard InChI is InChI=1S/C39H24Cl2O5/c40-31-21-17-29(18-22-31)37(42)27-13-9-25(10-14-27)33-5-1-3-7-35(33)45-39(44)46-36-8-4-2-6-34(36)26-11-15-28(16-12-26)38(43)30-19-23-32(41)24-20-30/h1-24H. The van der Waals surface area contributed by atoms with E-state index in [1.165, 1.54) is 0 Å². The number of carbonyl (C=O) groups is 3. The van der Waals surface area contributed by atoms with E-state index in [0.29, 0.717) is 54.9 Å². The molecular weight excluding hydrogens is 619 g/mol. The highest BCUT2D eigenvalue weighted by Crippen LogP contribution is 2.33. The molecule has 0 aromatic heterocycles. The number of halogens is 2. The van der Waals surface area contributed by atoms with Crippen molar-refractivity contribution < 1.29 is 23.9 Å². The maximum atomic E-state index is 13.0. The average Bonchev–Trinajstić information content (AvgIpc) is 3.09. The molecule has 0 bridgehead atoms. The molecule has 7 heteroatoms. The van der Waals surface area contributed by atoms with E-state index in [1.807, 2.05) is 24.3 Å². The molecule has 0 aliphatic rings. The quantitative estimate of drug-likeness (QED) is 0.0938. The van der Waals surface area contributed by atoms with Crippen LogP contribution in [-0.4, -0.2) is 17.7 Å². The Morgan fingerprint density at radius 1 is 0.391 bits per heavy atom. The van der Waals surface area contributed by atoms with Gasteiger partial charge in [0.25, 0.3) is 0 Å². The Morgan fingerprint density at radius 3 is 1.04 bits per heavy atom. The van der Waals surface area contributed by atoms with Gasteiger partial charge in [-0.3, -0.25) is 9.59 Å². The number of hydrogen-bond donors (Lipinski definition) is 0. The molecule has 0 unspecified atom stereocenters. The predicted octanol–water partition coefficient (Wildman–Crippen LogP) is 10.4. The maximum Gasteiger partial charge on any atom is 0.519 e. The van der Waals surface area contributed by atoms with Gasteiger partial charge in [-0.25, -0.2) is 4.79 Å². The largest absolute Gasteiger partial charge is 0.519 e. The van der Waals surface area contributed by atoms with Crippen molar-refractivity contribution in [1.82, 2.24) is 0 Å². The summed E-state index contributed by atoms with van der Waals surface area (Å²) in [7, 11) is 0. The summed E-state index contributed by atoms with van der Waals surface area (Å²) in [5.41, 5.74) is 4.91. The van der Waals surface area contributed by atoms with Gasteiger partial charge < -0.3 is 9.47 Å². The third-order valence-electron chi connectivity index (χ3n) is 7.29. The number of ketones is 2. The van der Waals surface area contributed by atoms with Gasteiger partial charge in [-0.05, 0) is 71.8 Å². The van der Waals surface area contributed by atoms with Crippen molar-refractivity contribution in [3.05, 3.63) is 178 Å². The van der Waals surface area contributed by atoms with Gasteiger partial charge in [0.2, 0.25) is 0 Å². The van der Waals surface area contributed by atoms with E-state index < -0.39 is 6.16 Å². The molecule has 0 saturated heterocycles. The lowest BCUT2D eigenvalue weighted by molar-refractivity contribution is 0.103. The van der Waals surface area contributed by atoms with Crippen molar-refractivity contribution in [3.63, 3.8) is 0 Å². The summed E-state index contributed by atoms with van der Waals surface area (Å²) >= 11 is 11.9. The second kappa shape index (κ2) is 13.7. The number of carbonyl (C=O) groups excluding carboxylic acids is 3. The molecule has 46 heavy (non-hydrogen) atoms. The summed E-state index contributed by atoms with van der Waals surface area (Å²) in [4.78, 5) is 38.8. The van der Waals surface area contributed by atoms with Crippen LogP contribution in [0.2, 0.25) is 10.0 Å². The second-order valence-corrected chi connectivity index (χ2v) is 11.1. The SMILES string of the molecule is O=C(Oc1ccccc1-c1ccc(C(=O)c2ccc(Cl)cc2)cc1)Oc1ccccc1-c1ccc(C(=O)c2ccc(Cl)cc2)cc1. The van der Waals surface area contributed by atoms with Crippen LogP contribution in [0.25, 0.3) is 22.3 Å². The molecule has 5 nitrogen and oxygen atoms in total. The zero-order valence-corrected chi connectivity index (χ0v) is 25.7. The molecule has 6 aromatic carbocycles. The monoisotopic (exact) mass is 642 g/mol. The van der Waals surface area contributed by atoms with E-state index in [0.717, 1.165) is 11.1 Å².